The Balaban J connectivity index is 2.14. The van der Waals surface area contributed by atoms with Crippen molar-refractivity contribution in [2.24, 2.45) is 0 Å². The molecule has 0 radical (unpaired) electrons. The number of hydrogen-bond donors (Lipinski definition) is 0. The van der Waals surface area contributed by atoms with E-state index >= 15 is 0 Å². The van der Waals surface area contributed by atoms with Crippen LogP contribution in [0.25, 0.3) is 22.2 Å². The van der Waals surface area contributed by atoms with Crippen molar-refractivity contribution >= 4 is 23.3 Å². The fraction of sp³-hybridized carbons (Fsp3) is 0.235. The molecule has 6 nitrogen and oxygen atoms in total. The Kier molecular flexibility index (Phi) is 3.52. The number of furan rings is 1. The number of ether oxygens (including phenoxy) is 1. The molecule has 23 heavy (non-hydrogen) atoms. The van der Waals surface area contributed by atoms with Crippen LogP contribution in [0, 0.1) is 0 Å². The zero-order valence-electron chi connectivity index (χ0n) is 13.1. The number of aldehydes is 1. The fourth-order valence-electron chi connectivity index (χ4n) is 2.28. The highest BCUT2D eigenvalue weighted by atomic mass is 16.6. The molecule has 0 N–H and O–H groups in total. The van der Waals surface area contributed by atoms with E-state index in [0.717, 1.165) is 5.39 Å². The summed E-state index contributed by atoms with van der Waals surface area (Å²) in [5.74, 6) is 0.711. The van der Waals surface area contributed by atoms with Crippen LogP contribution >= 0.6 is 0 Å². The lowest BCUT2D eigenvalue weighted by molar-refractivity contribution is 0.0522. The standard InChI is InChI=1S/C17H16N2O4/c1-17(2,3)23-16(21)19-15-11(9-18-19)5-4-6-13(15)14-8-7-12(10-20)22-14/h4-10H,1-3H3. The number of fused-ring (bicyclic) bond motifs is 1. The van der Waals surface area contributed by atoms with Crippen LogP contribution in [-0.4, -0.2) is 27.8 Å². The lowest BCUT2D eigenvalue weighted by atomic mass is 10.1. The average molecular weight is 312 g/mol. The van der Waals surface area contributed by atoms with Crippen LogP contribution in [0.4, 0.5) is 4.79 Å². The van der Waals surface area contributed by atoms with Crippen LogP contribution < -0.4 is 0 Å². The molecular weight excluding hydrogens is 296 g/mol. The summed E-state index contributed by atoms with van der Waals surface area (Å²) < 4.78 is 12.1. The first-order valence-corrected chi connectivity index (χ1v) is 7.14. The minimum atomic E-state index is -0.625. The minimum Gasteiger partial charge on any atom is -0.453 e. The normalized spacial score (nSPS) is 11.6. The SMILES string of the molecule is CC(C)(C)OC(=O)n1ncc2cccc(-c3ccc(C=O)o3)c21. The molecule has 3 aromatic rings. The molecule has 0 amide bonds. The number of rotatable bonds is 2. The second kappa shape index (κ2) is 5.39. The molecule has 3 rings (SSSR count). The Morgan fingerprint density at radius 1 is 1.26 bits per heavy atom. The molecule has 0 fully saturated rings. The largest absolute Gasteiger partial charge is 0.453 e. The van der Waals surface area contributed by atoms with Gasteiger partial charge in [-0.3, -0.25) is 4.79 Å². The molecule has 2 aromatic heterocycles. The van der Waals surface area contributed by atoms with Crippen molar-refractivity contribution in [3.8, 4) is 11.3 Å². The van der Waals surface area contributed by atoms with E-state index in [0.29, 0.717) is 23.1 Å². The van der Waals surface area contributed by atoms with Crippen molar-refractivity contribution in [3.63, 3.8) is 0 Å². The number of carbonyl (C=O) groups excluding carboxylic acids is 2. The third-order valence-corrected chi connectivity index (χ3v) is 3.17. The van der Waals surface area contributed by atoms with E-state index in [1.807, 2.05) is 12.1 Å². The number of nitrogens with zero attached hydrogens (tertiary/aromatic N) is 2. The van der Waals surface area contributed by atoms with E-state index in [1.165, 1.54) is 4.68 Å². The van der Waals surface area contributed by atoms with Gasteiger partial charge in [-0.05, 0) is 39.0 Å². The quantitative estimate of drug-likeness (QED) is 0.671. The predicted octanol–water partition coefficient (Wildman–Crippen LogP) is 3.89. The molecule has 0 aliphatic heterocycles. The van der Waals surface area contributed by atoms with Gasteiger partial charge in [-0.1, -0.05) is 12.1 Å². The van der Waals surface area contributed by atoms with E-state index in [4.69, 9.17) is 9.15 Å². The second-order valence-corrected chi connectivity index (χ2v) is 6.10. The van der Waals surface area contributed by atoms with Gasteiger partial charge in [0.1, 0.15) is 11.4 Å². The maximum Gasteiger partial charge on any atom is 0.435 e. The second-order valence-electron chi connectivity index (χ2n) is 6.10. The van der Waals surface area contributed by atoms with Crippen LogP contribution in [-0.2, 0) is 4.74 Å². The molecular formula is C17H16N2O4. The van der Waals surface area contributed by atoms with Crippen LogP contribution in [0.2, 0.25) is 0 Å². The molecule has 118 valence electrons. The van der Waals surface area contributed by atoms with Crippen molar-refractivity contribution in [1.82, 2.24) is 9.78 Å². The number of benzene rings is 1. The summed E-state index contributed by atoms with van der Waals surface area (Å²) >= 11 is 0. The van der Waals surface area contributed by atoms with Crippen molar-refractivity contribution in [3.05, 3.63) is 42.3 Å². The lowest BCUT2D eigenvalue weighted by Gasteiger charge is -2.19. The molecule has 1 aromatic carbocycles. The summed E-state index contributed by atoms with van der Waals surface area (Å²) in [5, 5.41) is 4.90. The van der Waals surface area contributed by atoms with Crippen LogP contribution in [0.15, 0.2) is 40.9 Å². The summed E-state index contributed by atoms with van der Waals surface area (Å²) in [6.45, 7) is 5.38. The first-order chi connectivity index (χ1) is 10.9. The van der Waals surface area contributed by atoms with Crippen molar-refractivity contribution in [1.29, 1.82) is 0 Å². The number of aromatic nitrogens is 2. The smallest absolute Gasteiger partial charge is 0.435 e. The van der Waals surface area contributed by atoms with E-state index in [1.54, 1.807) is 45.2 Å². The van der Waals surface area contributed by atoms with E-state index in [-0.39, 0.29) is 5.76 Å². The highest BCUT2D eigenvalue weighted by molar-refractivity contribution is 5.97. The molecule has 0 atom stereocenters. The topological polar surface area (TPSA) is 74.3 Å². The molecule has 0 aliphatic carbocycles. The average Bonchev–Trinajstić information content (AvgIpc) is 3.11. The Hall–Kier alpha value is -2.89. The van der Waals surface area contributed by atoms with Crippen molar-refractivity contribution in [2.45, 2.75) is 26.4 Å². The number of para-hydroxylation sites is 1. The van der Waals surface area contributed by atoms with Gasteiger partial charge in [-0.25, -0.2) is 4.79 Å². The molecule has 0 bridgehead atoms. The van der Waals surface area contributed by atoms with Gasteiger partial charge >= 0.3 is 6.09 Å². The van der Waals surface area contributed by atoms with Gasteiger partial charge < -0.3 is 9.15 Å². The Labute approximate surface area is 132 Å². The molecule has 0 spiro atoms. The Morgan fingerprint density at radius 3 is 2.70 bits per heavy atom. The number of carbonyl (C=O) groups is 2. The zero-order chi connectivity index (χ0) is 16.6. The zero-order valence-corrected chi connectivity index (χ0v) is 13.1. The van der Waals surface area contributed by atoms with Crippen molar-refractivity contribution < 1.29 is 18.7 Å². The first-order valence-electron chi connectivity index (χ1n) is 7.14. The van der Waals surface area contributed by atoms with Crippen LogP contribution in [0.1, 0.15) is 31.3 Å². The molecule has 0 saturated carbocycles. The van der Waals surface area contributed by atoms with Gasteiger partial charge in [0.25, 0.3) is 0 Å². The molecule has 2 heterocycles. The monoisotopic (exact) mass is 312 g/mol. The summed E-state index contributed by atoms with van der Waals surface area (Å²) in [7, 11) is 0. The van der Waals surface area contributed by atoms with Crippen LogP contribution in [0.5, 0.6) is 0 Å². The van der Waals surface area contributed by atoms with Crippen LogP contribution in [0.3, 0.4) is 0 Å². The van der Waals surface area contributed by atoms with Gasteiger partial charge in [0.15, 0.2) is 12.0 Å². The number of hydrogen-bond acceptors (Lipinski definition) is 5. The third-order valence-electron chi connectivity index (χ3n) is 3.17. The summed E-state index contributed by atoms with van der Waals surface area (Å²) in [5.41, 5.74) is 0.618. The minimum absolute atomic E-state index is 0.223. The van der Waals surface area contributed by atoms with E-state index < -0.39 is 11.7 Å². The predicted molar refractivity (Wildman–Crippen MR) is 84.5 cm³/mol. The van der Waals surface area contributed by atoms with Gasteiger partial charge in [0.05, 0.1) is 11.7 Å². The van der Waals surface area contributed by atoms with E-state index in [9.17, 15) is 9.59 Å². The Bertz CT molecular complexity index is 884. The highest BCUT2D eigenvalue weighted by Gasteiger charge is 2.22. The lowest BCUT2D eigenvalue weighted by Crippen LogP contribution is -2.27. The van der Waals surface area contributed by atoms with Gasteiger partial charge in [0.2, 0.25) is 0 Å². The van der Waals surface area contributed by atoms with Crippen molar-refractivity contribution in [2.75, 3.05) is 0 Å². The van der Waals surface area contributed by atoms with E-state index in [2.05, 4.69) is 5.10 Å². The molecule has 0 saturated heterocycles. The summed E-state index contributed by atoms with van der Waals surface area (Å²) in [4.78, 5) is 23.2. The van der Waals surface area contributed by atoms with Gasteiger partial charge in [-0.2, -0.15) is 9.78 Å². The van der Waals surface area contributed by atoms with Gasteiger partial charge in [-0.15, -0.1) is 0 Å². The summed E-state index contributed by atoms with van der Waals surface area (Å²) in [6.07, 6.45) is 1.66. The maximum absolute atomic E-state index is 12.4. The first kappa shape index (κ1) is 15.0. The molecule has 0 aliphatic rings. The fourth-order valence-corrected chi connectivity index (χ4v) is 2.28. The maximum atomic E-state index is 12.4. The summed E-state index contributed by atoms with van der Waals surface area (Å²) in [6, 6.07) is 8.75. The molecule has 6 heteroatoms. The third kappa shape index (κ3) is 2.88. The molecule has 0 unspecified atom stereocenters. The Morgan fingerprint density at radius 2 is 2.04 bits per heavy atom. The highest BCUT2D eigenvalue weighted by Crippen LogP contribution is 2.30. The van der Waals surface area contributed by atoms with Gasteiger partial charge in [0, 0.05) is 10.9 Å².